The number of rotatable bonds is 3. The third kappa shape index (κ3) is 2.34. The molecule has 0 aliphatic carbocycles. The van der Waals surface area contributed by atoms with Gasteiger partial charge in [-0.15, -0.1) is 0 Å². The second kappa shape index (κ2) is 4.98. The molecular formula is C14H13BrO3. The lowest BCUT2D eigenvalue weighted by Crippen LogP contribution is -2.04. The van der Waals surface area contributed by atoms with E-state index in [4.69, 9.17) is 9.15 Å². The molecule has 0 saturated heterocycles. The van der Waals surface area contributed by atoms with Crippen molar-refractivity contribution in [3.63, 3.8) is 0 Å². The molecule has 0 radical (unpaired) electrons. The van der Waals surface area contributed by atoms with Crippen LogP contribution in [0.2, 0.25) is 0 Å². The molecule has 0 aliphatic heterocycles. The lowest BCUT2D eigenvalue weighted by Gasteiger charge is -2.07. The number of furan rings is 1. The van der Waals surface area contributed by atoms with Crippen LogP contribution in [-0.4, -0.2) is 12.9 Å². The zero-order chi connectivity index (χ0) is 13.3. The van der Waals surface area contributed by atoms with E-state index in [1.165, 1.54) is 0 Å². The molecule has 4 heteroatoms. The molecule has 0 atom stereocenters. The number of ether oxygens (including phenoxy) is 1. The summed E-state index contributed by atoms with van der Waals surface area (Å²) >= 11 is 3.35. The summed E-state index contributed by atoms with van der Waals surface area (Å²) in [6.45, 7) is 3.61. The minimum Gasteiger partial charge on any atom is -0.496 e. The summed E-state index contributed by atoms with van der Waals surface area (Å²) in [5, 5.41) is 0. The monoisotopic (exact) mass is 308 g/mol. The highest BCUT2D eigenvalue weighted by Gasteiger charge is 2.19. The molecule has 94 valence electrons. The van der Waals surface area contributed by atoms with E-state index in [1.54, 1.807) is 32.2 Å². The molecule has 0 unspecified atom stereocenters. The predicted molar refractivity (Wildman–Crippen MR) is 72.3 cm³/mol. The predicted octanol–water partition coefficient (Wildman–Crippen LogP) is 3.90. The van der Waals surface area contributed by atoms with Gasteiger partial charge in [0.25, 0.3) is 0 Å². The highest BCUT2D eigenvalue weighted by molar-refractivity contribution is 9.10. The first kappa shape index (κ1) is 12.9. The molecule has 0 aliphatic rings. The number of ketones is 1. The summed E-state index contributed by atoms with van der Waals surface area (Å²) in [5.74, 6) is 1.82. The van der Waals surface area contributed by atoms with Crippen molar-refractivity contribution in [1.82, 2.24) is 0 Å². The Morgan fingerprint density at radius 1 is 1.22 bits per heavy atom. The molecule has 0 fully saturated rings. The maximum atomic E-state index is 12.4. The largest absolute Gasteiger partial charge is 0.496 e. The summed E-state index contributed by atoms with van der Waals surface area (Å²) in [5.41, 5.74) is 1.11. The molecule has 0 bridgehead atoms. The van der Waals surface area contributed by atoms with Crippen LogP contribution in [0.15, 0.2) is 33.2 Å². The van der Waals surface area contributed by atoms with E-state index in [9.17, 15) is 4.79 Å². The number of carbonyl (C=O) groups is 1. The zero-order valence-electron chi connectivity index (χ0n) is 10.4. The number of carbonyl (C=O) groups excluding carboxylic acids is 1. The minimum atomic E-state index is -0.0892. The Bertz CT molecular complexity index is 599. The van der Waals surface area contributed by atoms with Crippen LogP contribution in [0.25, 0.3) is 0 Å². The summed E-state index contributed by atoms with van der Waals surface area (Å²) in [6, 6.07) is 7.08. The van der Waals surface area contributed by atoms with Gasteiger partial charge in [0.15, 0.2) is 5.78 Å². The van der Waals surface area contributed by atoms with Crippen LogP contribution in [-0.2, 0) is 0 Å². The molecule has 3 nitrogen and oxygen atoms in total. The maximum absolute atomic E-state index is 12.4. The normalized spacial score (nSPS) is 10.4. The topological polar surface area (TPSA) is 39.4 Å². The van der Waals surface area contributed by atoms with Gasteiger partial charge < -0.3 is 9.15 Å². The fourth-order valence-corrected chi connectivity index (χ4v) is 2.19. The van der Waals surface area contributed by atoms with Crippen molar-refractivity contribution in [1.29, 1.82) is 0 Å². The van der Waals surface area contributed by atoms with Crippen LogP contribution in [0.3, 0.4) is 0 Å². The molecule has 0 spiro atoms. The van der Waals surface area contributed by atoms with Gasteiger partial charge in [-0.3, -0.25) is 4.79 Å². The molecular weight excluding hydrogens is 296 g/mol. The van der Waals surface area contributed by atoms with Crippen molar-refractivity contribution >= 4 is 21.7 Å². The number of hydrogen-bond acceptors (Lipinski definition) is 3. The van der Waals surface area contributed by atoms with Gasteiger partial charge in [-0.05, 0) is 38.1 Å². The number of hydrogen-bond donors (Lipinski definition) is 0. The van der Waals surface area contributed by atoms with Gasteiger partial charge in [-0.1, -0.05) is 15.9 Å². The van der Waals surface area contributed by atoms with Crippen molar-refractivity contribution in [2.75, 3.05) is 7.11 Å². The van der Waals surface area contributed by atoms with E-state index in [0.29, 0.717) is 22.6 Å². The Morgan fingerprint density at radius 3 is 2.50 bits per heavy atom. The van der Waals surface area contributed by atoms with E-state index in [2.05, 4.69) is 15.9 Å². The first-order chi connectivity index (χ1) is 8.52. The number of benzene rings is 1. The molecule has 1 aromatic carbocycles. The number of halogens is 1. The molecule has 0 saturated carbocycles. The first-order valence-corrected chi connectivity index (χ1v) is 6.27. The Labute approximate surface area is 114 Å². The van der Waals surface area contributed by atoms with Crippen LogP contribution < -0.4 is 4.74 Å². The second-order valence-corrected chi connectivity index (χ2v) is 4.92. The molecule has 1 heterocycles. The highest BCUT2D eigenvalue weighted by Crippen LogP contribution is 2.27. The summed E-state index contributed by atoms with van der Waals surface area (Å²) in [7, 11) is 1.55. The van der Waals surface area contributed by atoms with E-state index in [-0.39, 0.29) is 5.78 Å². The van der Waals surface area contributed by atoms with E-state index in [0.717, 1.165) is 10.2 Å². The third-order valence-electron chi connectivity index (χ3n) is 2.69. The van der Waals surface area contributed by atoms with Crippen molar-refractivity contribution in [3.8, 4) is 5.75 Å². The maximum Gasteiger partial charge on any atom is 0.200 e. The van der Waals surface area contributed by atoms with Gasteiger partial charge in [0.1, 0.15) is 17.3 Å². The van der Waals surface area contributed by atoms with Crippen molar-refractivity contribution in [2.45, 2.75) is 13.8 Å². The number of methoxy groups -OCH3 is 1. The Kier molecular flexibility index (Phi) is 3.57. The number of aryl methyl sites for hydroxylation is 2. The van der Waals surface area contributed by atoms with E-state index < -0.39 is 0 Å². The molecule has 0 amide bonds. The van der Waals surface area contributed by atoms with Gasteiger partial charge in [-0.25, -0.2) is 0 Å². The van der Waals surface area contributed by atoms with Crippen molar-refractivity contribution in [2.24, 2.45) is 0 Å². The van der Waals surface area contributed by atoms with Gasteiger partial charge >= 0.3 is 0 Å². The van der Waals surface area contributed by atoms with Crippen LogP contribution in [0.1, 0.15) is 27.4 Å². The van der Waals surface area contributed by atoms with Gasteiger partial charge in [0.2, 0.25) is 0 Å². The fraction of sp³-hybridized carbons (Fsp3) is 0.214. The van der Waals surface area contributed by atoms with Crippen LogP contribution >= 0.6 is 15.9 Å². The standard InChI is InChI=1S/C14H13BrO3/c1-8-6-12(9(2)18-8)14(16)11-5-4-10(15)7-13(11)17-3/h4-7H,1-3H3. The highest BCUT2D eigenvalue weighted by atomic mass is 79.9. The van der Waals surface area contributed by atoms with Crippen LogP contribution in [0, 0.1) is 13.8 Å². The summed E-state index contributed by atoms with van der Waals surface area (Å²) in [4.78, 5) is 12.4. The molecule has 2 rings (SSSR count). The van der Waals surface area contributed by atoms with E-state index in [1.807, 2.05) is 13.0 Å². The SMILES string of the molecule is COc1cc(Br)ccc1C(=O)c1cc(C)oc1C. The van der Waals surface area contributed by atoms with E-state index >= 15 is 0 Å². The van der Waals surface area contributed by atoms with Crippen LogP contribution in [0.4, 0.5) is 0 Å². The van der Waals surface area contributed by atoms with Gasteiger partial charge in [0, 0.05) is 4.47 Å². The molecule has 18 heavy (non-hydrogen) atoms. The quantitative estimate of drug-likeness (QED) is 0.807. The molecule has 0 N–H and O–H groups in total. The molecule has 2 aromatic rings. The Balaban J connectivity index is 2.49. The lowest BCUT2D eigenvalue weighted by molar-refractivity contribution is 0.103. The third-order valence-corrected chi connectivity index (χ3v) is 3.19. The summed E-state index contributed by atoms with van der Waals surface area (Å²) < 4.78 is 11.5. The average molecular weight is 309 g/mol. The first-order valence-electron chi connectivity index (χ1n) is 5.48. The van der Waals surface area contributed by atoms with Gasteiger partial charge in [0.05, 0.1) is 18.2 Å². The average Bonchev–Trinajstić information content (AvgIpc) is 2.67. The van der Waals surface area contributed by atoms with Crippen molar-refractivity contribution < 1.29 is 13.9 Å². The van der Waals surface area contributed by atoms with Crippen LogP contribution in [0.5, 0.6) is 5.75 Å². The zero-order valence-corrected chi connectivity index (χ0v) is 12.0. The minimum absolute atomic E-state index is 0.0892. The smallest absolute Gasteiger partial charge is 0.200 e. The van der Waals surface area contributed by atoms with Crippen molar-refractivity contribution in [3.05, 3.63) is 51.4 Å². The van der Waals surface area contributed by atoms with Gasteiger partial charge in [-0.2, -0.15) is 0 Å². The Morgan fingerprint density at radius 2 is 1.94 bits per heavy atom. The summed E-state index contributed by atoms with van der Waals surface area (Å²) in [6.07, 6.45) is 0. The lowest BCUT2D eigenvalue weighted by atomic mass is 10.0. The fourth-order valence-electron chi connectivity index (χ4n) is 1.85. The second-order valence-electron chi connectivity index (χ2n) is 4.00. The Hall–Kier alpha value is -1.55. The molecule has 1 aromatic heterocycles.